The Kier molecular flexibility index (Phi) is 6.01. The molecule has 0 aliphatic heterocycles. The third-order valence-corrected chi connectivity index (χ3v) is 2.93. The highest BCUT2D eigenvalue weighted by molar-refractivity contribution is 5.83. The number of carbonyl (C=O) groups excluding carboxylic acids is 1. The molecule has 2 unspecified atom stereocenters. The van der Waals surface area contributed by atoms with Gasteiger partial charge < -0.3 is 0 Å². The molecule has 0 amide bonds. The van der Waals surface area contributed by atoms with Crippen LogP contribution in [0.4, 0.5) is 0 Å². The van der Waals surface area contributed by atoms with Gasteiger partial charge in [-0.15, -0.1) is 0 Å². The molecule has 0 radical (unpaired) electrons. The van der Waals surface area contributed by atoms with Gasteiger partial charge in [-0.2, -0.15) is 0 Å². The maximum absolute atomic E-state index is 11.5. The van der Waals surface area contributed by atoms with Crippen LogP contribution < -0.4 is 0 Å². The molecule has 0 saturated heterocycles. The lowest BCUT2D eigenvalue weighted by Crippen LogP contribution is -2.42. The molecule has 0 N–H and O–H groups in total. The zero-order valence-electron chi connectivity index (χ0n) is 10.5. The molecule has 0 aromatic rings. The van der Waals surface area contributed by atoms with Crippen molar-refractivity contribution in [3.8, 4) is 0 Å². The van der Waals surface area contributed by atoms with Crippen molar-refractivity contribution in [1.29, 1.82) is 0 Å². The van der Waals surface area contributed by atoms with Crippen molar-refractivity contribution >= 4 is 5.78 Å². The Labute approximate surface area is 88.7 Å². The third kappa shape index (κ3) is 4.23. The van der Waals surface area contributed by atoms with E-state index in [1.54, 1.807) is 0 Å². The Morgan fingerprint density at radius 2 is 1.71 bits per heavy atom. The second-order valence-electron chi connectivity index (χ2n) is 4.64. The standard InChI is InChI=1S/C12H25NO/c1-7-12(14)11(5)13(6)10(4)8-9(2)3/h9-11H,7-8H2,1-6H3. The van der Waals surface area contributed by atoms with E-state index in [2.05, 4.69) is 25.7 Å². The predicted octanol–water partition coefficient (Wildman–Crippen LogP) is 2.72. The van der Waals surface area contributed by atoms with Gasteiger partial charge in [0.1, 0.15) is 5.78 Å². The van der Waals surface area contributed by atoms with Crippen LogP contribution in [-0.2, 0) is 4.79 Å². The second kappa shape index (κ2) is 6.18. The number of rotatable bonds is 6. The van der Waals surface area contributed by atoms with Gasteiger partial charge in [0.15, 0.2) is 0 Å². The van der Waals surface area contributed by atoms with Gasteiger partial charge in [0, 0.05) is 12.5 Å². The fourth-order valence-corrected chi connectivity index (χ4v) is 1.75. The molecule has 2 heteroatoms. The molecular formula is C12H25NO. The van der Waals surface area contributed by atoms with E-state index in [1.807, 2.05) is 20.9 Å². The van der Waals surface area contributed by atoms with E-state index in [0.717, 1.165) is 6.42 Å². The third-order valence-electron chi connectivity index (χ3n) is 2.93. The zero-order chi connectivity index (χ0) is 11.3. The fraction of sp³-hybridized carbons (Fsp3) is 0.917. The first-order chi connectivity index (χ1) is 6.40. The maximum atomic E-state index is 11.5. The van der Waals surface area contributed by atoms with Gasteiger partial charge in [-0.1, -0.05) is 20.8 Å². The zero-order valence-corrected chi connectivity index (χ0v) is 10.5. The van der Waals surface area contributed by atoms with E-state index < -0.39 is 0 Å². The quantitative estimate of drug-likeness (QED) is 0.655. The highest BCUT2D eigenvalue weighted by Crippen LogP contribution is 2.13. The molecule has 0 aromatic heterocycles. The van der Waals surface area contributed by atoms with Crippen molar-refractivity contribution < 1.29 is 4.79 Å². The molecule has 0 fully saturated rings. The van der Waals surface area contributed by atoms with E-state index in [-0.39, 0.29) is 6.04 Å². The van der Waals surface area contributed by atoms with Crippen molar-refractivity contribution in [1.82, 2.24) is 4.90 Å². The van der Waals surface area contributed by atoms with Crippen molar-refractivity contribution in [3.05, 3.63) is 0 Å². The van der Waals surface area contributed by atoms with Crippen LogP contribution in [0, 0.1) is 5.92 Å². The number of ketones is 1. The van der Waals surface area contributed by atoms with E-state index in [9.17, 15) is 4.79 Å². The molecule has 84 valence electrons. The van der Waals surface area contributed by atoms with E-state index >= 15 is 0 Å². The summed E-state index contributed by atoms with van der Waals surface area (Å²) in [6.07, 6.45) is 1.79. The minimum Gasteiger partial charge on any atom is -0.298 e. The van der Waals surface area contributed by atoms with Gasteiger partial charge in [0.05, 0.1) is 6.04 Å². The summed E-state index contributed by atoms with van der Waals surface area (Å²) < 4.78 is 0. The number of Topliss-reactive ketones (excluding diaryl/α,β-unsaturated/α-hetero) is 1. The monoisotopic (exact) mass is 199 g/mol. The number of nitrogens with zero attached hydrogens (tertiary/aromatic N) is 1. The molecule has 0 heterocycles. The number of hydrogen-bond acceptors (Lipinski definition) is 2. The number of hydrogen-bond donors (Lipinski definition) is 0. The van der Waals surface area contributed by atoms with Gasteiger partial charge in [-0.05, 0) is 33.2 Å². The SMILES string of the molecule is CCC(=O)C(C)N(C)C(C)CC(C)C. The lowest BCUT2D eigenvalue weighted by molar-refractivity contribution is -0.123. The van der Waals surface area contributed by atoms with Gasteiger partial charge >= 0.3 is 0 Å². The highest BCUT2D eigenvalue weighted by Gasteiger charge is 2.20. The Morgan fingerprint density at radius 3 is 2.07 bits per heavy atom. The van der Waals surface area contributed by atoms with Crippen molar-refractivity contribution in [2.24, 2.45) is 5.92 Å². The first-order valence-corrected chi connectivity index (χ1v) is 5.64. The molecule has 2 atom stereocenters. The Hall–Kier alpha value is -0.370. The van der Waals surface area contributed by atoms with E-state index in [1.165, 1.54) is 0 Å². The summed E-state index contributed by atoms with van der Waals surface area (Å²) in [7, 11) is 2.05. The second-order valence-corrected chi connectivity index (χ2v) is 4.64. The molecule has 14 heavy (non-hydrogen) atoms. The Balaban J connectivity index is 4.16. The van der Waals surface area contributed by atoms with Gasteiger partial charge in [-0.25, -0.2) is 0 Å². The number of carbonyl (C=O) groups is 1. The summed E-state index contributed by atoms with van der Waals surface area (Å²) in [6, 6.07) is 0.550. The fourth-order valence-electron chi connectivity index (χ4n) is 1.75. The largest absolute Gasteiger partial charge is 0.298 e. The van der Waals surface area contributed by atoms with Crippen LogP contribution in [0.5, 0.6) is 0 Å². The van der Waals surface area contributed by atoms with Crippen LogP contribution in [0.25, 0.3) is 0 Å². The molecule has 0 spiro atoms. The van der Waals surface area contributed by atoms with Crippen LogP contribution in [0.3, 0.4) is 0 Å². The molecule has 0 aromatic carbocycles. The average molecular weight is 199 g/mol. The van der Waals surface area contributed by atoms with Gasteiger partial charge in [0.2, 0.25) is 0 Å². The van der Waals surface area contributed by atoms with Crippen molar-refractivity contribution in [3.63, 3.8) is 0 Å². The Morgan fingerprint density at radius 1 is 1.21 bits per heavy atom. The van der Waals surface area contributed by atoms with Crippen LogP contribution >= 0.6 is 0 Å². The molecule has 0 aliphatic carbocycles. The predicted molar refractivity (Wildman–Crippen MR) is 61.4 cm³/mol. The van der Waals surface area contributed by atoms with Crippen molar-refractivity contribution in [2.75, 3.05) is 7.05 Å². The average Bonchev–Trinajstić information content (AvgIpc) is 2.13. The first kappa shape index (κ1) is 13.6. The lowest BCUT2D eigenvalue weighted by Gasteiger charge is -2.30. The molecule has 0 saturated carbocycles. The topological polar surface area (TPSA) is 20.3 Å². The van der Waals surface area contributed by atoms with Crippen molar-refractivity contribution in [2.45, 2.75) is 59.5 Å². The maximum Gasteiger partial charge on any atom is 0.149 e. The van der Waals surface area contributed by atoms with Gasteiger partial charge in [0.25, 0.3) is 0 Å². The summed E-state index contributed by atoms with van der Waals surface area (Å²) in [6.45, 7) is 10.6. The molecule has 0 rings (SSSR count). The smallest absolute Gasteiger partial charge is 0.149 e. The summed E-state index contributed by atoms with van der Waals surface area (Å²) in [5, 5.41) is 0. The van der Waals surface area contributed by atoms with Crippen LogP contribution in [0.1, 0.15) is 47.5 Å². The van der Waals surface area contributed by atoms with Crippen LogP contribution in [-0.4, -0.2) is 29.8 Å². The minimum atomic E-state index is 0.0637. The lowest BCUT2D eigenvalue weighted by atomic mass is 10.0. The molecule has 2 nitrogen and oxygen atoms in total. The van der Waals surface area contributed by atoms with Crippen LogP contribution in [0.2, 0.25) is 0 Å². The van der Waals surface area contributed by atoms with Crippen LogP contribution in [0.15, 0.2) is 0 Å². The Bertz CT molecular complexity index is 177. The van der Waals surface area contributed by atoms with E-state index in [0.29, 0.717) is 24.2 Å². The summed E-state index contributed by atoms with van der Waals surface area (Å²) >= 11 is 0. The normalized spacial score (nSPS) is 16.0. The molecule has 0 aliphatic rings. The summed E-state index contributed by atoms with van der Waals surface area (Å²) in [4.78, 5) is 13.7. The molecular weight excluding hydrogens is 174 g/mol. The highest BCUT2D eigenvalue weighted by atomic mass is 16.1. The summed E-state index contributed by atoms with van der Waals surface area (Å²) in [5.41, 5.74) is 0. The summed E-state index contributed by atoms with van der Waals surface area (Å²) in [5.74, 6) is 1.03. The first-order valence-electron chi connectivity index (χ1n) is 5.64. The molecule has 0 bridgehead atoms. The number of likely N-dealkylation sites (N-methyl/N-ethyl adjacent to an activating group) is 1. The van der Waals surface area contributed by atoms with Gasteiger partial charge in [-0.3, -0.25) is 9.69 Å². The minimum absolute atomic E-state index is 0.0637. The van der Waals surface area contributed by atoms with E-state index in [4.69, 9.17) is 0 Å².